The lowest BCUT2D eigenvalue weighted by atomic mass is 10.0. The van der Waals surface area contributed by atoms with Gasteiger partial charge in [0.25, 0.3) is 0 Å². The average Bonchev–Trinajstić information content (AvgIpc) is 2.36. The number of nitrogens with zero attached hydrogens (tertiary/aromatic N) is 1. The summed E-state index contributed by atoms with van der Waals surface area (Å²) < 4.78 is 0. The Balaban J connectivity index is 2.27. The molecular weight excluding hydrogens is 214 g/mol. The summed E-state index contributed by atoms with van der Waals surface area (Å²) in [7, 11) is 0. The van der Waals surface area contributed by atoms with Gasteiger partial charge in [0.15, 0.2) is 0 Å². The summed E-state index contributed by atoms with van der Waals surface area (Å²) in [5, 5.41) is 6.19. The van der Waals surface area contributed by atoms with Crippen LogP contribution in [-0.2, 0) is 4.79 Å². The average molecular weight is 237 g/mol. The molecule has 0 spiro atoms. The molecule has 1 heterocycles. The Morgan fingerprint density at radius 1 is 1.59 bits per heavy atom. The van der Waals surface area contributed by atoms with Gasteiger partial charge in [-0.25, -0.2) is 0 Å². The molecule has 0 radical (unpaired) electrons. The molecule has 1 saturated heterocycles. The molecule has 96 valence electrons. The number of amides is 1. The van der Waals surface area contributed by atoms with E-state index in [-0.39, 0.29) is 5.91 Å². The summed E-state index contributed by atoms with van der Waals surface area (Å²) in [6.07, 6.45) is 8.87. The van der Waals surface area contributed by atoms with Gasteiger partial charge < -0.3 is 10.6 Å². The molecule has 1 fully saturated rings. The van der Waals surface area contributed by atoms with Crippen LogP contribution in [0.15, 0.2) is 0 Å². The zero-order valence-corrected chi connectivity index (χ0v) is 10.7. The van der Waals surface area contributed by atoms with Gasteiger partial charge in [0.05, 0.1) is 13.1 Å². The molecule has 0 aromatic heterocycles. The molecule has 0 bridgehead atoms. The van der Waals surface area contributed by atoms with E-state index in [1.165, 1.54) is 19.3 Å². The molecule has 0 aromatic carbocycles. The molecule has 2 N–H and O–H groups in total. The molecule has 4 heteroatoms. The van der Waals surface area contributed by atoms with Crippen LogP contribution in [0.25, 0.3) is 0 Å². The highest BCUT2D eigenvalue weighted by atomic mass is 16.2. The van der Waals surface area contributed by atoms with Crippen molar-refractivity contribution in [1.29, 1.82) is 0 Å². The van der Waals surface area contributed by atoms with E-state index in [0.717, 1.165) is 19.6 Å². The van der Waals surface area contributed by atoms with Gasteiger partial charge in [-0.3, -0.25) is 9.69 Å². The highest BCUT2D eigenvalue weighted by Gasteiger charge is 2.17. The van der Waals surface area contributed by atoms with Crippen LogP contribution >= 0.6 is 0 Å². The fourth-order valence-corrected chi connectivity index (χ4v) is 2.11. The Labute approximate surface area is 104 Å². The fourth-order valence-electron chi connectivity index (χ4n) is 2.11. The third kappa shape index (κ3) is 5.71. The topological polar surface area (TPSA) is 44.4 Å². The Hall–Kier alpha value is -1.05. The lowest BCUT2D eigenvalue weighted by Crippen LogP contribution is -2.46. The quantitative estimate of drug-likeness (QED) is 0.649. The van der Waals surface area contributed by atoms with Gasteiger partial charge in [-0.2, -0.15) is 0 Å². The summed E-state index contributed by atoms with van der Waals surface area (Å²) in [6.45, 7) is 5.78. The van der Waals surface area contributed by atoms with E-state index in [0.29, 0.717) is 19.1 Å². The summed E-state index contributed by atoms with van der Waals surface area (Å²) in [6, 6.07) is 0.532. The summed E-state index contributed by atoms with van der Waals surface area (Å²) in [5.41, 5.74) is 0. The van der Waals surface area contributed by atoms with Gasteiger partial charge in [0.2, 0.25) is 5.91 Å². The van der Waals surface area contributed by atoms with Crippen LogP contribution < -0.4 is 10.6 Å². The van der Waals surface area contributed by atoms with E-state index in [4.69, 9.17) is 6.42 Å². The van der Waals surface area contributed by atoms with Gasteiger partial charge in [-0.1, -0.05) is 19.3 Å². The van der Waals surface area contributed by atoms with E-state index in [1.807, 2.05) is 0 Å². The normalized spacial score (nSPS) is 19.9. The van der Waals surface area contributed by atoms with Crippen LogP contribution in [0.5, 0.6) is 0 Å². The van der Waals surface area contributed by atoms with Crippen molar-refractivity contribution in [3.05, 3.63) is 0 Å². The summed E-state index contributed by atoms with van der Waals surface area (Å²) in [5.74, 6) is 2.42. The van der Waals surface area contributed by atoms with E-state index in [1.54, 1.807) is 0 Å². The molecule has 17 heavy (non-hydrogen) atoms. The van der Waals surface area contributed by atoms with Crippen molar-refractivity contribution in [3.63, 3.8) is 0 Å². The molecular formula is C13H23N3O. The number of carbonyl (C=O) groups is 1. The van der Waals surface area contributed by atoms with Gasteiger partial charge in [0, 0.05) is 12.6 Å². The summed E-state index contributed by atoms with van der Waals surface area (Å²) >= 11 is 0. The number of hydrogen-bond acceptors (Lipinski definition) is 3. The standard InChI is InChI=1S/C13H23N3O/c1-3-8-15-13(17)11-16(4-2)10-12-7-5-6-9-14-12/h1,12,14H,4-11H2,2H3,(H,15,17). The third-order valence-corrected chi connectivity index (χ3v) is 3.09. The minimum absolute atomic E-state index is 0.0145. The number of nitrogens with one attached hydrogen (secondary N) is 2. The Bertz CT molecular complexity index is 266. The van der Waals surface area contributed by atoms with Gasteiger partial charge >= 0.3 is 0 Å². The zero-order valence-electron chi connectivity index (χ0n) is 10.7. The number of hydrogen-bond donors (Lipinski definition) is 2. The molecule has 1 aliphatic rings. The first-order valence-electron chi connectivity index (χ1n) is 6.42. The Kier molecular flexibility index (Phi) is 6.68. The van der Waals surface area contributed by atoms with Crippen LogP contribution in [0.4, 0.5) is 0 Å². The maximum atomic E-state index is 11.5. The van der Waals surface area contributed by atoms with Crippen molar-refractivity contribution in [2.75, 3.05) is 32.7 Å². The molecule has 1 unspecified atom stereocenters. The smallest absolute Gasteiger partial charge is 0.234 e. The maximum absolute atomic E-state index is 11.5. The van der Waals surface area contributed by atoms with Crippen LogP contribution in [0, 0.1) is 12.3 Å². The number of carbonyl (C=O) groups excluding carboxylic acids is 1. The first kappa shape index (κ1) is 14.0. The van der Waals surface area contributed by atoms with Crippen LogP contribution in [-0.4, -0.2) is 49.6 Å². The molecule has 0 saturated carbocycles. The second-order valence-electron chi connectivity index (χ2n) is 4.46. The first-order valence-corrected chi connectivity index (χ1v) is 6.42. The largest absolute Gasteiger partial charge is 0.344 e. The van der Waals surface area contributed by atoms with Gasteiger partial charge in [-0.05, 0) is 25.9 Å². The van der Waals surface area contributed by atoms with Gasteiger partial charge in [0.1, 0.15) is 0 Å². The van der Waals surface area contributed by atoms with Crippen molar-refractivity contribution < 1.29 is 4.79 Å². The summed E-state index contributed by atoms with van der Waals surface area (Å²) in [4.78, 5) is 13.7. The predicted molar refractivity (Wildman–Crippen MR) is 69.6 cm³/mol. The van der Waals surface area contributed by atoms with E-state index in [2.05, 4.69) is 28.4 Å². The van der Waals surface area contributed by atoms with E-state index in [9.17, 15) is 4.79 Å². The highest BCUT2D eigenvalue weighted by molar-refractivity contribution is 5.78. The molecule has 1 rings (SSSR count). The third-order valence-electron chi connectivity index (χ3n) is 3.09. The molecule has 1 atom stereocenters. The number of terminal acetylenes is 1. The Morgan fingerprint density at radius 2 is 2.41 bits per heavy atom. The molecule has 0 aromatic rings. The monoisotopic (exact) mass is 237 g/mol. The molecule has 4 nitrogen and oxygen atoms in total. The predicted octanol–water partition coefficient (Wildman–Crippen LogP) is 0.200. The first-order chi connectivity index (χ1) is 8.26. The second-order valence-corrected chi connectivity index (χ2v) is 4.46. The molecule has 0 aliphatic carbocycles. The van der Waals surface area contributed by atoms with Crippen molar-refractivity contribution >= 4 is 5.91 Å². The highest BCUT2D eigenvalue weighted by Crippen LogP contribution is 2.08. The second kappa shape index (κ2) is 8.10. The molecule has 1 amide bonds. The number of rotatable bonds is 6. The fraction of sp³-hybridized carbons (Fsp3) is 0.769. The van der Waals surface area contributed by atoms with Crippen LogP contribution in [0.3, 0.4) is 0 Å². The SMILES string of the molecule is C#CCNC(=O)CN(CC)CC1CCCCN1. The van der Waals surface area contributed by atoms with Crippen LogP contribution in [0.1, 0.15) is 26.2 Å². The van der Waals surface area contributed by atoms with E-state index < -0.39 is 0 Å². The zero-order chi connectivity index (χ0) is 12.5. The van der Waals surface area contributed by atoms with Crippen molar-refractivity contribution in [2.24, 2.45) is 0 Å². The lowest BCUT2D eigenvalue weighted by molar-refractivity contribution is -0.122. The van der Waals surface area contributed by atoms with Crippen molar-refractivity contribution in [1.82, 2.24) is 15.5 Å². The van der Waals surface area contributed by atoms with Crippen molar-refractivity contribution in [3.8, 4) is 12.3 Å². The van der Waals surface area contributed by atoms with Crippen LogP contribution in [0.2, 0.25) is 0 Å². The number of piperidine rings is 1. The molecule has 1 aliphatic heterocycles. The van der Waals surface area contributed by atoms with Crippen molar-refractivity contribution in [2.45, 2.75) is 32.2 Å². The van der Waals surface area contributed by atoms with Gasteiger partial charge in [-0.15, -0.1) is 6.42 Å². The lowest BCUT2D eigenvalue weighted by Gasteiger charge is -2.29. The maximum Gasteiger partial charge on any atom is 0.234 e. The Morgan fingerprint density at radius 3 is 3.00 bits per heavy atom. The minimum Gasteiger partial charge on any atom is -0.344 e. The minimum atomic E-state index is 0.0145. The number of likely N-dealkylation sites (N-methyl/N-ethyl adjacent to an activating group) is 1. The van der Waals surface area contributed by atoms with E-state index >= 15 is 0 Å².